The second-order valence-corrected chi connectivity index (χ2v) is 4.10. The van der Waals surface area contributed by atoms with Crippen molar-refractivity contribution in [1.82, 2.24) is 0 Å². The molecule has 1 aromatic rings. The molecule has 0 radical (unpaired) electrons. The van der Waals surface area contributed by atoms with Gasteiger partial charge in [-0.05, 0) is 12.1 Å². The molecule has 4 heteroatoms. The highest BCUT2D eigenvalue weighted by molar-refractivity contribution is 5.94. The summed E-state index contributed by atoms with van der Waals surface area (Å²) >= 11 is 0. The molecule has 0 aliphatic heterocycles. The lowest BCUT2D eigenvalue weighted by molar-refractivity contribution is -0.121. The molecular weight excluding hydrogens is 218 g/mol. The van der Waals surface area contributed by atoms with E-state index in [0.717, 1.165) is 5.69 Å². The van der Waals surface area contributed by atoms with Gasteiger partial charge < -0.3 is 14.4 Å². The number of carbonyl (C=O) groups is 1. The Kier molecular flexibility index (Phi) is 4.97. The van der Waals surface area contributed by atoms with Gasteiger partial charge in [0.05, 0.1) is 0 Å². The normalized spacial score (nSPS) is 10.4. The molecule has 1 rings (SSSR count). The molecule has 0 saturated carbocycles. The van der Waals surface area contributed by atoms with Gasteiger partial charge in [-0.3, -0.25) is 4.79 Å². The maximum absolute atomic E-state index is 11.8. The molecule has 94 valence electrons. The van der Waals surface area contributed by atoms with Gasteiger partial charge in [-0.2, -0.15) is 0 Å². The molecule has 0 bridgehead atoms. The molecule has 0 N–H and O–H groups in total. The molecule has 0 heterocycles. The van der Waals surface area contributed by atoms with Crippen molar-refractivity contribution in [3.8, 4) is 5.75 Å². The number of methoxy groups -OCH3 is 1. The van der Waals surface area contributed by atoms with Crippen molar-refractivity contribution in [3.05, 3.63) is 24.3 Å². The summed E-state index contributed by atoms with van der Waals surface area (Å²) in [4.78, 5) is 13.5. The summed E-state index contributed by atoms with van der Waals surface area (Å²) in [7, 11) is 3.33. The lowest BCUT2D eigenvalue weighted by Gasteiger charge is -2.20. The lowest BCUT2D eigenvalue weighted by atomic mass is 10.2. The van der Waals surface area contributed by atoms with E-state index in [4.69, 9.17) is 9.47 Å². The largest absolute Gasteiger partial charge is 0.467 e. The smallest absolute Gasteiger partial charge is 0.229 e. The number of hydrogen-bond acceptors (Lipinski definition) is 3. The van der Waals surface area contributed by atoms with Gasteiger partial charge in [0, 0.05) is 31.8 Å². The van der Waals surface area contributed by atoms with Crippen molar-refractivity contribution < 1.29 is 14.3 Å². The monoisotopic (exact) mass is 237 g/mol. The fourth-order valence-electron chi connectivity index (χ4n) is 1.42. The predicted molar refractivity (Wildman–Crippen MR) is 67.2 cm³/mol. The molecule has 1 aromatic carbocycles. The molecule has 0 fully saturated rings. The summed E-state index contributed by atoms with van der Waals surface area (Å²) in [6.45, 7) is 3.96. The molecular formula is C13H19NO3. The summed E-state index contributed by atoms with van der Waals surface area (Å²) in [5.74, 6) is 0.741. The van der Waals surface area contributed by atoms with Crippen molar-refractivity contribution in [2.75, 3.05) is 25.9 Å². The molecule has 0 unspecified atom stereocenters. The summed E-state index contributed by atoms with van der Waals surface area (Å²) in [5.41, 5.74) is 0.817. The summed E-state index contributed by atoms with van der Waals surface area (Å²) < 4.78 is 10.2. The Labute approximate surface area is 102 Å². The fourth-order valence-corrected chi connectivity index (χ4v) is 1.42. The van der Waals surface area contributed by atoms with Crippen LogP contribution in [0, 0.1) is 5.92 Å². The van der Waals surface area contributed by atoms with Crippen LogP contribution in [0.1, 0.15) is 13.8 Å². The van der Waals surface area contributed by atoms with Gasteiger partial charge in [0.15, 0.2) is 6.79 Å². The minimum atomic E-state index is -0.0245. The second kappa shape index (κ2) is 6.25. The molecule has 1 amide bonds. The molecule has 4 nitrogen and oxygen atoms in total. The highest BCUT2D eigenvalue weighted by atomic mass is 16.7. The first-order chi connectivity index (χ1) is 8.06. The van der Waals surface area contributed by atoms with Crippen molar-refractivity contribution in [2.24, 2.45) is 5.92 Å². The summed E-state index contributed by atoms with van der Waals surface area (Å²) in [6.07, 6.45) is 0. The van der Waals surface area contributed by atoms with Crippen LogP contribution in [0.3, 0.4) is 0 Å². The minimum absolute atomic E-state index is 0.0245. The van der Waals surface area contributed by atoms with Crippen LogP contribution in [0.25, 0.3) is 0 Å². The van der Waals surface area contributed by atoms with E-state index < -0.39 is 0 Å². The van der Waals surface area contributed by atoms with Gasteiger partial charge in [-0.15, -0.1) is 0 Å². The summed E-state index contributed by atoms with van der Waals surface area (Å²) in [6, 6.07) is 7.37. The van der Waals surface area contributed by atoms with Gasteiger partial charge >= 0.3 is 0 Å². The van der Waals surface area contributed by atoms with Gasteiger partial charge in [-0.25, -0.2) is 0 Å². The molecule has 0 aromatic heterocycles. The van der Waals surface area contributed by atoms with E-state index in [9.17, 15) is 4.79 Å². The van der Waals surface area contributed by atoms with Crippen LogP contribution in [0.2, 0.25) is 0 Å². The lowest BCUT2D eigenvalue weighted by Crippen LogP contribution is -2.30. The first-order valence-corrected chi connectivity index (χ1v) is 5.55. The molecule has 0 spiro atoms. The van der Waals surface area contributed by atoms with Crippen molar-refractivity contribution >= 4 is 11.6 Å². The Morgan fingerprint density at radius 3 is 2.71 bits per heavy atom. The molecule has 0 aliphatic rings. The predicted octanol–water partition coefficient (Wildman–Crippen LogP) is 2.29. The van der Waals surface area contributed by atoms with Crippen LogP contribution in [-0.2, 0) is 9.53 Å². The van der Waals surface area contributed by atoms with Crippen LogP contribution in [0.15, 0.2) is 24.3 Å². The Hall–Kier alpha value is -1.55. The number of hydrogen-bond donors (Lipinski definition) is 0. The van der Waals surface area contributed by atoms with E-state index in [-0.39, 0.29) is 18.6 Å². The zero-order chi connectivity index (χ0) is 12.8. The van der Waals surface area contributed by atoms with E-state index in [1.165, 1.54) is 0 Å². The zero-order valence-corrected chi connectivity index (χ0v) is 10.8. The Morgan fingerprint density at radius 1 is 1.41 bits per heavy atom. The Bertz CT molecular complexity index is 377. The van der Waals surface area contributed by atoms with Crippen LogP contribution < -0.4 is 9.64 Å². The van der Waals surface area contributed by atoms with Gasteiger partial charge in [-0.1, -0.05) is 19.9 Å². The number of nitrogens with zero attached hydrogens (tertiary/aromatic N) is 1. The van der Waals surface area contributed by atoms with Crippen molar-refractivity contribution in [3.63, 3.8) is 0 Å². The van der Waals surface area contributed by atoms with Crippen LogP contribution in [-0.4, -0.2) is 26.9 Å². The third kappa shape index (κ3) is 3.75. The SMILES string of the molecule is COCOc1cccc(N(C)C(=O)C(C)C)c1. The van der Waals surface area contributed by atoms with E-state index >= 15 is 0 Å². The molecule has 17 heavy (non-hydrogen) atoms. The first-order valence-electron chi connectivity index (χ1n) is 5.55. The summed E-state index contributed by atoms with van der Waals surface area (Å²) in [5, 5.41) is 0. The van der Waals surface area contributed by atoms with Crippen LogP contribution in [0.5, 0.6) is 5.75 Å². The van der Waals surface area contributed by atoms with E-state index in [0.29, 0.717) is 5.75 Å². The highest BCUT2D eigenvalue weighted by Crippen LogP contribution is 2.21. The Balaban J connectivity index is 2.80. The van der Waals surface area contributed by atoms with Gasteiger partial charge in [0.25, 0.3) is 0 Å². The average Bonchev–Trinajstić information content (AvgIpc) is 2.34. The second-order valence-electron chi connectivity index (χ2n) is 4.10. The number of anilines is 1. The highest BCUT2D eigenvalue weighted by Gasteiger charge is 2.14. The van der Waals surface area contributed by atoms with E-state index in [1.54, 1.807) is 19.1 Å². The first kappa shape index (κ1) is 13.5. The Morgan fingerprint density at radius 2 is 2.12 bits per heavy atom. The van der Waals surface area contributed by atoms with Crippen molar-refractivity contribution in [1.29, 1.82) is 0 Å². The maximum atomic E-state index is 11.8. The molecule has 0 saturated heterocycles. The standard InChI is InChI=1S/C13H19NO3/c1-10(2)13(15)14(3)11-6-5-7-12(8-11)17-9-16-4/h5-8,10H,9H2,1-4H3. The van der Waals surface area contributed by atoms with Crippen LogP contribution >= 0.6 is 0 Å². The van der Waals surface area contributed by atoms with Gasteiger partial charge in [0.2, 0.25) is 5.91 Å². The van der Waals surface area contributed by atoms with E-state index in [2.05, 4.69) is 0 Å². The number of carbonyl (C=O) groups excluding carboxylic acids is 1. The molecule has 0 aliphatic carbocycles. The zero-order valence-electron chi connectivity index (χ0n) is 10.8. The van der Waals surface area contributed by atoms with Crippen molar-refractivity contribution in [2.45, 2.75) is 13.8 Å². The number of amides is 1. The quantitative estimate of drug-likeness (QED) is 0.737. The van der Waals surface area contributed by atoms with E-state index in [1.807, 2.05) is 38.1 Å². The third-order valence-corrected chi connectivity index (χ3v) is 2.37. The number of benzene rings is 1. The number of rotatable bonds is 5. The minimum Gasteiger partial charge on any atom is -0.467 e. The topological polar surface area (TPSA) is 38.8 Å². The average molecular weight is 237 g/mol. The maximum Gasteiger partial charge on any atom is 0.229 e. The molecule has 0 atom stereocenters. The van der Waals surface area contributed by atoms with Gasteiger partial charge in [0.1, 0.15) is 5.75 Å². The third-order valence-electron chi connectivity index (χ3n) is 2.37. The van der Waals surface area contributed by atoms with Crippen LogP contribution in [0.4, 0.5) is 5.69 Å². The number of ether oxygens (including phenoxy) is 2. The fraction of sp³-hybridized carbons (Fsp3) is 0.462.